The molecule has 0 aliphatic carbocycles. The number of carboxylic acids is 1. The highest BCUT2D eigenvalue weighted by atomic mass is 16.5. The second-order valence-corrected chi connectivity index (χ2v) is 2.99. The molecule has 0 spiro atoms. The van der Waals surface area contributed by atoms with Crippen molar-refractivity contribution in [1.82, 2.24) is 0 Å². The summed E-state index contributed by atoms with van der Waals surface area (Å²) in [5.41, 5.74) is 0. The van der Waals surface area contributed by atoms with Crippen LogP contribution in [0.2, 0.25) is 0 Å². The lowest BCUT2D eigenvalue weighted by Gasteiger charge is -2.10. The molecule has 0 atom stereocenters. The molecule has 0 aromatic rings. The molecule has 0 amide bonds. The summed E-state index contributed by atoms with van der Waals surface area (Å²) < 4.78 is 4.08. The molecule has 0 heterocycles. The van der Waals surface area contributed by atoms with Crippen molar-refractivity contribution in [2.24, 2.45) is 0 Å². The topological polar surface area (TPSA) is 70.9 Å². The van der Waals surface area contributed by atoms with Crippen LogP contribution in [0.15, 0.2) is 12.2 Å². The first-order valence-corrected chi connectivity index (χ1v) is 5.32. The molecule has 0 radical (unpaired) electrons. The summed E-state index contributed by atoms with van der Waals surface area (Å²) in [6.07, 6.45) is 1.38. The number of carbonyl (C=O) groups excluding carboxylic acids is 2. The van der Waals surface area contributed by atoms with Crippen LogP contribution in [-0.4, -0.2) is 38.7 Å². The summed E-state index contributed by atoms with van der Waals surface area (Å²) in [7, 11) is 1.15. The molecule has 16 heavy (non-hydrogen) atoms. The van der Waals surface area contributed by atoms with Crippen molar-refractivity contribution < 1.29 is 24.3 Å². The fraction of sp³-hybridized carbons (Fsp3) is 0.636. The van der Waals surface area contributed by atoms with Gasteiger partial charge in [-0.15, -0.1) is 0 Å². The van der Waals surface area contributed by atoms with Crippen LogP contribution < -0.4 is 10.0 Å². The van der Waals surface area contributed by atoms with Gasteiger partial charge in [-0.25, -0.2) is 4.79 Å². The molecule has 0 aromatic heterocycles. The summed E-state index contributed by atoms with van der Waals surface area (Å²) in [4.78, 5) is 21.4. The quantitative estimate of drug-likeness (QED) is 0.457. The zero-order valence-electron chi connectivity index (χ0n) is 10.4. The number of hydrogen-bond donors (Lipinski definition) is 1. The molecule has 5 heteroatoms. The highest BCUT2D eigenvalue weighted by Gasteiger charge is 1.92. The first-order chi connectivity index (χ1) is 7.51. The molecular formula is C11H21NO4. The fourth-order valence-corrected chi connectivity index (χ4v) is 0.954. The van der Waals surface area contributed by atoms with E-state index in [0.717, 1.165) is 13.2 Å². The van der Waals surface area contributed by atoms with Crippen molar-refractivity contribution in [2.45, 2.75) is 20.8 Å². The molecule has 1 N–H and O–H groups in total. The maximum absolute atomic E-state index is 10.1. The summed E-state index contributed by atoms with van der Waals surface area (Å²) >= 11 is 0. The van der Waals surface area contributed by atoms with E-state index in [1.54, 1.807) is 4.90 Å². The van der Waals surface area contributed by atoms with Gasteiger partial charge in [0.05, 0.1) is 32.7 Å². The van der Waals surface area contributed by atoms with Crippen molar-refractivity contribution in [2.75, 3.05) is 26.7 Å². The first kappa shape index (κ1) is 17.0. The van der Waals surface area contributed by atoms with Gasteiger partial charge in [0.1, 0.15) is 0 Å². The summed E-state index contributed by atoms with van der Waals surface area (Å²) in [5.74, 6) is -2.13. The molecule has 0 saturated heterocycles. The van der Waals surface area contributed by atoms with E-state index in [2.05, 4.69) is 25.5 Å². The molecule has 5 nitrogen and oxygen atoms in total. The van der Waals surface area contributed by atoms with E-state index in [1.807, 2.05) is 0 Å². The Hall–Kier alpha value is -1.36. The molecular weight excluding hydrogens is 210 g/mol. The number of carboxylic acid groups (broad SMARTS) is 1. The van der Waals surface area contributed by atoms with Gasteiger partial charge in [0.2, 0.25) is 0 Å². The van der Waals surface area contributed by atoms with Crippen LogP contribution in [0, 0.1) is 0 Å². The van der Waals surface area contributed by atoms with Crippen molar-refractivity contribution in [3.8, 4) is 0 Å². The third kappa shape index (κ3) is 12.6. The Morgan fingerprint density at radius 2 is 1.56 bits per heavy atom. The summed E-state index contributed by atoms with van der Waals surface area (Å²) in [6.45, 7) is 10.5. The smallest absolute Gasteiger partial charge is 0.330 e. The number of nitrogens with one attached hydrogen (secondary N) is 1. The predicted molar refractivity (Wildman–Crippen MR) is 58.7 cm³/mol. The molecule has 0 aliphatic heterocycles. The van der Waals surface area contributed by atoms with Gasteiger partial charge < -0.3 is 19.5 Å². The minimum Gasteiger partial charge on any atom is -0.545 e. The van der Waals surface area contributed by atoms with Crippen LogP contribution in [0.5, 0.6) is 0 Å². The second-order valence-electron chi connectivity index (χ2n) is 2.99. The van der Waals surface area contributed by atoms with Crippen LogP contribution in [0.4, 0.5) is 0 Å². The lowest BCUT2D eigenvalue weighted by molar-refractivity contribution is -0.894. The second kappa shape index (κ2) is 11.7. The third-order valence-electron chi connectivity index (χ3n) is 2.06. The van der Waals surface area contributed by atoms with E-state index in [1.165, 1.54) is 19.6 Å². The first-order valence-electron chi connectivity index (χ1n) is 5.32. The summed E-state index contributed by atoms with van der Waals surface area (Å²) in [6, 6.07) is 0. The Kier molecular flexibility index (Phi) is 12.5. The molecule has 94 valence electrons. The van der Waals surface area contributed by atoms with Crippen LogP contribution in [0.3, 0.4) is 0 Å². The number of aliphatic carboxylic acids is 1. The van der Waals surface area contributed by atoms with Crippen molar-refractivity contribution in [3.63, 3.8) is 0 Å². The maximum atomic E-state index is 10.1. The van der Waals surface area contributed by atoms with Gasteiger partial charge in [0, 0.05) is 6.08 Å². The molecule has 0 saturated carbocycles. The normalized spacial score (nSPS) is 9.81. The fourth-order valence-electron chi connectivity index (χ4n) is 0.954. The van der Waals surface area contributed by atoms with Gasteiger partial charge in [0.15, 0.2) is 0 Å². The van der Waals surface area contributed by atoms with Crippen LogP contribution in [0.1, 0.15) is 20.8 Å². The van der Waals surface area contributed by atoms with Crippen molar-refractivity contribution >= 4 is 11.9 Å². The van der Waals surface area contributed by atoms with Gasteiger partial charge in [-0.2, -0.15) is 0 Å². The average molecular weight is 231 g/mol. The Morgan fingerprint density at radius 1 is 1.12 bits per heavy atom. The van der Waals surface area contributed by atoms with Crippen LogP contribution >= 0.6 is 0 Å². The van der Waals surface area contributed by atoms with Gasteiger partial charge in [0.25, 0.3) is 0 Å². The average Bonchev–Trinajstić information content (AvgIpc) is 2.29. The van der Waals surface area contributed by atoms with Gasteiger partial charge in [-0.1, -0.05) is 0 Å². The molecule has 0 bridgehead atoms. The van der Waals surface area contributed by atoms with E-state index in [4.69, 9.17) is 0 Å². The van der Waals surface area contributed by atoms with Crippen molar-refractivity contribution in [1.29, 1.82) is 0 Å². The Labute approximate surface area is 96.7 Å². The van der Waals surface area contributed by atoms with E-state index < -0.39 is 11.9 Å². The highest BCUT2D eigenvalue weighted by molar-refractivity contribution is 5.89. The number of hydrogen-bond acceptors (Lipinski definition) is 4. The van der Waals surface area contributed by atoms with E-state index in [-0.39, 0.29) is 0 Å². The zero-order chi connectivity index (χ0) is 13.0. The molecule has 0 rings (SSSR count). The minimum absolute atomic E-state index is 0.603. The Morgan fingerprint density at radius 3 is 1.75 bits per heavy atom. The number of quaternary nitrogens is 1. The van der Waals surface area contributed by atoms with Gasteiger partial charge in [-0.3, -0.25) is 0 Å². The minimum atomic E-state index is -1.42. The molecule has 0 unspecified atom stereocenters. The van der Waals surface area contributed by atoms with Crippen molar-refractivity contribution in [3.05, 3.63) is 12.2 Å². The lowest BCUT2D eigenvalue weighted by Crippen LogP contribution is -3.11. The Balaban J connectivity index is 0. The predicted octanol–water partition coefficient (Wildman–Crippen LogP) is -1.60. The number of methoxy groups -OCH3 is 1. The van der Waals surface area contributed by atoms with E-state index >= 15 is 0 Å². The number of carbonyl (C=O) groups is 2. The Bertz CT molecular complexity index is 217. The van der Waals surface area contributed by atoms with E-state index in [9.17, 15) is 14.7 Å². The molecule has 0 aliphatic rings. The SMILES string of the molecule is CC[NH+](CC)CC.COC(=O)C=CC(=O)[O-]. The van der Waals surface area contributed by atoms with E-state index in [0.29, 0.717) is 6.08 Å². The zero-order valence-corrected chi connectivity index (χ0v) is 10.4. The maximum Gasteiger partial charge on any atom is 0.330 e. The number of esters is 1. The molecule has 0 fully saturated rings. The van der Waals surface area contributed by atoms with Gasteiger partial charge in [-0.05, 0) is 26.8 Å². The lowest BCUT2D eigenvalue weighted by atomic mass is 10.5. The van der Waals surface area contributed by atoms with Crippen LogP contribution in [-0.2, 0) is 14.3 Å². The number of ether oxygens (including phenoxy) is 1. The highest BCUT2D eigenvalue weighted by Crippen LogP contribution is 1.74. The molecule has 0 aromatic carbocycles. The van der Waals surface area contributed by atoms with Gasteiger partial charge >= 0.3 is 5.97 Å². The number of rotatable bonds is 5. The standard InChI is InChI=1S/C6H15N.C5H6O4/c1-4-7(5-2)6-3;1-9-5(8)3-2-4(6)7/h4-6H2,1-3H3;2-3H,1H3,(H,6,7). The monoisotopic (exact) mass is 231 g/mol. The largest absolute Gasteiger partial charge is 0.545 e. The summed E-state index contributed by atoms with van der Waals surface area (Å²) in [5, 5.41) is 9.61. The third-order valence-corrected chi connectivity index (χ3v) is 2.06. The van der Waals surface area contributed by atoms with Crippen LogP contribution in [0.25, 0.3) is 0 Å².